The van der Waals surface area contributed by atoms with Crippen LogP contribution in [0.5, 0.6) is 0 Å². The van der Waals surface area contributed by atoms with Crippen molar-refractivity contribution in [2.45, 2.75) is 45.8 Å². The minimum atomic E-state index is -0.608. The van der Waals surface area contributed by atoms with Gasteiger partial charge in [-0.2, -0.15) is 0 Å². The van der Waals surface area contributed by atoms with Crippen LogP contribution < -0.4 is 0 Å². The van der Waals surface area contributed by atoms with E-state index in [-0.39, 0.29) is 24.6 Å². The van der Waals surface area contributed by atoms with Gasteiger partial charge in [-0.15, -0.1) is 0 Å². The highest BCUT2D eigenvalue weighted by molar-refractivity contribution is 6.17. The number of hydrogen-bond acceptors (Lipinski definition) is 6. The van der Waals surface area contributed by atoms with Crippen molar-refractivity contribution in [3.8, 4) is 0 Å². The summed E-state index contributed by atoms with van der Waals surface area (Å²) in [6.07, 6.45) is 0.160. The van der Waals surface area contributed by atoms with E-state index >= 15 is 0 Å². The van der Waals surface area contributed by atoms with Crippen LogP contribution in [0.2, 0.25) is 0 Å². The van der Waals surface area contributed by atoms with Crippen molar-refractivity contribution in [3.63, 3.8) is 0 Å². The Kier molecular flexibility index (Phi) is 7.33. The maximum Gasteiger partial charge on any atom is 0.410 e. The zero-order valence-corrected chi connectivity index (χ0v) is 17.3. The van der Waals surface area contributed by atoms with Gasteiger partial charge >= 0.3 is 12.1 Å². The Morgan fingerprint density at radius 1 is 1.04 bits per heavy atom. The maximum absolute atomic E-state index is 12.6. The van der Waals surface area contributed by atoms with E-state index < -0.39 is 23.6 Å². The molecule has 27 heavy (non-hydrogen) atoms. The number of rotatable bonds is 3. The lowest BCUT2D eigenvalue weighted by Gasteiger charge is -2.44. The van der Waals surface area contributed by atoms with E-state index in [1.54, 1.807) is 11.8 Å². The van der Waals surface area contributed by atoms with Crippen molar-refractivity contribution in [2.24, 2.45) is 5.92 Å². The van der Waals surface area contributed by atoms with Crippen molar-refractivity contribution in [1.82, 2.24) is 14.7 Å². The average molecular weight is 404 g/mol. The molecule has 0 aromatic carbocycles. The molecule has 8 nitrogen and oxygen atoms in total. The fourth-order valence-corrected chi connectivity index (χ4v) is 3.66. The Balaban J connectivity index is 2.08. The topological polar surface area (TPSA) is 79.4 Å². The molecule has 0 aromatic rings. The van der Waals surface area contributed by atoms with E-state index in [1.807, 2.05) is 25.7 Å². The lowest BCUT2D eigenvalue weighted by molar-refractivity contribution is -0.149. The first-order valence-corrected chi connectivity index (χ1v) is 9.84. The predicted molar refractivity (Wildman–Crippen MR) is 100 cm³/mol. The van der Waals surface area contributed by atoms with Gasteiger partial charge in [0.1, 0.15) is 5.60 Å². The monoisotopic (exact) mass is 403 g/mol. The molecule has 9 heteroatoms. The van der Waals surface area contributed by atoms with Crippen LogP contribution in [0, 0.1) is 5.92 Å². The minimum Gasteiger partial charge on any atom is -0.449 e. The lowest BCUT2D eigenvalue weighted by Crippen LogP contribution is -2.59. The van der Waals surface area contributed by atoms with E-state index in [4.69, 9.17) is 21.1 Å². The van der Waals surface area contributed by atoms with Crippen LogP contribution in [0.3, 0.4) is 0 Å². The van der Waals surface area contributed by atoms with Gasteiger partial charge in [-0.05, 0) is 27.2 Å². The summed E-state index contributed by atoms with van der Waals surface area (Å²) in [4.78, 5) is 42.0. The van der Waals surface area contributed by atoms with Crippen LogP contribution in [-0.4, -0.2) is 89.6 Å². The third-order valence-corrected chi connectivity index (χ3v) is 5.00. The molecule has 2 saturated heterocycles. The van der Waals surface area contributed by atoms with Gasteiger partial charge in [0.2, 0.25) is 5.91 Å². The Morgan fingerprint density at radius 3 is 2.19 bits per heavy atom. The summed E-state index contributed by atoms with van der Waals surface area (Å²) in [5.74, 6) is -0.774. The number of nitrogens with zero attached hydrogens (tertiary/aromatic N) is 3. The molecule has 2 unspecified atom stereocenters. The Bertz CT molecular complexity index is 558. The highest BCUT2D eigenvalue weighted by atomic mass is 35.5. The first kappa shape index (κ1) is 21.8. The number of alkyl halides is 1. The number of carbonyl (C=O) groups excluding carboxylic acids is 3. The van der Waals surface area contributed by atoms with Gasteiger partial charge in [0.15, 0.2) is 6.07 Å². The van der Waals surface area contributed by atoms with E-state index in [0.29, 0.717) is 39.1 Å². The number of halogens is 1. The van der Waals surface area contributed by atoms with Crippen LogP contribution in [-0.2, 0) is 19.1 Å². The zero-order chi connectivity index (χ0) is 20.2. The van der Waals surface area contributed by atoms with Gasteiger partial charge in [-0.3, -0.25) is 14.5 Å². The van der Waals surface area contributed by atoms with Crippen molar-refractivity contribution >= 4 is 29.6 Å². The highest BCUT2D eigenvalue weighted by Crippen LogP contribution is 2.25. The third kappa shape index (κ3) is 6.24. The number of amides is 2. The predicted octanol–water partition coefficient (Wildman–Crippen LogP) is 1.52. The molecule has 2 atom stereocenters. The van der Waals surface area contributed by atoms with Crippen LogP contribution in [0.1, 0.15) is 34.1 Å². The molecular weight excluding hydrogens is 374 g/mol. The number of likely N-dealkylation sites (tertiary alicyclic amines) is 1. The molecular formula is C18H30ClN3O5. The van der Waals surface area contributed by atoms with Crippen molar-refractivity contribution < 1.29 is 23.9 Å². The fraction of sp³-hybridized carbons (Fsp3) is 0.833. The van der Waals surface area contributed by atoms with Gasteiger partial charge < -0.3 is 19.3 Å². The third-order valence-electron chi connectivity index (χ3n) is 4.89. The highest BCUT2D eigenvalue weighted by Gasteiger charge is 2.39. The summed E-state index contributed by atoms with van der Waals surface area (Å²) in [5.41, 5.74) is -0.608. The number of hydrogen-bond donors (Lipinski definition) is 0. The van der Waals surface area contributed by atoms with E-state index in [0.717, 1.165) is 0 Å². The SMILES string of the molecule is CC(=O)N1CCN(C2CC(C(=O)OCCl)CN(C(=O)OC(C)(C)C)C2)CC1. The number of carbonyl (C=O) groups is 3. The second-order valence-electron chi connectivity index (χ2n) is 8.09. The second kappa shape index (κ2) is 9.10. The summed E-state index contributed by atoms with van der Waals surface area (Å²) in [6, 6.07) is -0.197. The molecule has 0 bridgehead atoms. The van der Waals surface area contributed by atoms with Crippen molar-refractivity contribution in [2.75, 3.05) is 45.3 Å². The summed E-state index contributed by atoms with van der Waals surface area (Å²) < 4.78 is 10.5. The van der Waals surface area contributed by atoms with E-state index in [1.165, 1.54) is 0 Å². The summed E-state index contributed by atoms with van der Waals surface area (Å²) in [7, 11) is 0. The quantitative estimate of drug-likeness (QED) is 0.525. The summed E-state index contributed by atoms with van der Waals surface area (Å²) >= 11 is 5.54. The number of esters is 1. The number of ether oxygens (including phenoxy) is 2. The smallest absolute Gasteiger partial charge is 0.410 e. The largest absolute Gasteiger partial charge is 0.449 e. The van der Waals surface area contributed by atoms with Crippen molar-refractivity contribution in [3.05, 3.63) is 0 Å². The molecule has 2 aliphatic rings. The molecule has 2 aliphatic heterocycles. The molecule has 2 rings (SSSR count). The Hall–Kier alpha value is -1.54. The van der Waals surface area contributed by atoms with Crippen LogP contribution in [0.25, 0.3) is 0 Å². The molecule has 0 spiro atoms. The maximum atomic E-state index is 12.6. The first-order chi connectivity index (χ1) is 12.6. The van der Waals surface area contributed by atoms with Crippen LogP contribution in [0.4, 0.5) is 4.79 Å². The van der Waals surface area contributed by atoms with Gasteiger partial charge in [0.25, 0.3) is 0 Å². The molecule has 0 saturated carbocycles. The average Bonchev–Trinajstić information content (AvgIpc) is 2.60. The molecule has 0 aliphatic carbocycles. The Labute approximate surface area is 165 Å². The molecule has 2 amide bonds. The first-order valence-electron chi connectivity index (χ1n) is 9.31. The fourth-order valence-electron chi connectivity index (χ4n) is 3.56. The minimum absolute atomic E-state index is 0.00764. The van der Waals surface area contributed by atoms with E-state index in [2.05, 4.69) is 4.90 Å². The zero-order valence-electron chi connectivity index (χ0n) is 16.6. The molecule has 154 valence electrons. The molecule has 0 radical (unpaired) electrons. The molecule has 2 heterocycles. The van der Waals surface area contributed by atoms with Crippen LogP contribution in [0.15, 0.2) is 0 Å². The summed E-state index contributed by atoms with van der Waals surface area (Å²) in [5, 5.41) is 0. The Morgan fingerprint density at radius 2 is 1.67 bits per heavy atom. The van der Waals surface area contributed by atoms with Gasteiger partial charge in [-0.1, -0.05) is 11.6 Å². The van der Waals surface area contributed by atoms with E-state index in [9.17, 15) is 14.4 Å². The second-order valence-corrected chi connectivity index (χ2v) is 8.30. The number of piperidine rings is 1. The standard InChI is InChI=1S/C18H30ClN3O5/c1-13(23)20-5-7-21(8-6-20)15-9-14(16(24)26-12-19)10-22(11-15)17(25)27-18(2,3)4/h14-15H,5-12H2,1-4H3. The van der Waals surface area contributed by atoms with Gasteiger partial charge in [-0.25, -0.2) is 4.79 Å². The number of piperazine rings is 1. The normalized spacial score (nSPS) is 24.5. The molecule has 0 aromatic heterocycles. The van der Waals surface area contributed by atoms with Crippen molar-refractivity contribution in [1.29, 1.82) is 0 Å². The molecule has 0 N–H and O–H groups in total. The summed E-state index contributed by atoms with van der Waals surface area (Å²) in [6.45, 7) is 10.5. The van der Waals surface area contributed by atoms with Crippen LogP contribution >= 0.6 is 11.6 Å². The molecule has 2 fully saturated rings. The lowest BCUT2D eigenvalue weighted by atomic mass is 9.93. The van der Waals surface area contributed by atoms with Gasteiger partial charge in [0.05, 0.1) is 5.92 Å². The van der Waals surface area contributed by atoms with Gasteiger partial charge in [0, 0.05) is 52.2 Å².